The molecule has 0 atom stereocenters. The smallest absolute Gasteiger partial charge is 0.412 e. The van der Waals surface area contributed by atoms with Gasteiger partial charge < -0.3 is 19.6 Å². The summed E-state index contributed by atoms with van der Waals surface area (Å²) in [7, 11) is 3.71. The van der Waals surface area contributed by atoms with E-state index in [2.05, 4.69) is 33.1 Å². The van der Waals surface area contributed by atoms with E-state index >= 15 is 0 Å². The van der Waals surface area contributed by atoms with Gasteiger partial charge in [-0.05, 0) is 42.4 Å². The summed E-state index contributed by atoms with van der Waals surface area (Å²) < 4.78 is 5.30. The molecule has 0 radical (unpaired) electrons. The lowest BCUT2D eigenvalue weighted by Crippen LogP contribution is -2.45. The highest BCUT2D eigenvalue weighted by molar-refractivity contribution is 5.92. The molecule has 0 bridgehead atoms. The zero-order valence-electron chi connectivity index (χ0n) is 17.8. The number of H-pyrrole nitrogens is 1. The minimum atomic E-state index is -0.991. The fourth-order valence-electron chi connectivity index (χ4n) is 3.85. The van der Waals surface area contributed by atoms with Crippen molar-refractivity contribution in [3.8, 4) is 16.9 Å². The van der Waals surface area contributed by atoms with E-state index in [4.69, 9.17) is 4.74 Å². The number of aromatic nitrogens is 2. The summed E-state index contributed by atoms with van der Waals surface area (Å²) in [4.78, 5) is 18.3. The number of carbonyl (C=O) groups is 1. The standard InChI is InChI=1S/C23H27N5O3/c1-26-8-10-27(11-9-26)22-13-18(19-14-24-25-15-19)6-7-21(22)28(23(29)30)16-17-4-3-5-20(12-17)31-2/h3-7,12-15H,8-11,16H2,1-2H3,(H,24,25)(H,29,30). The van der Waals surface area contributed by atoms with Crippen LogP contribution in [0.5, 0.6) is 5.75 Å². The van der Waals surface area contributed by atoms with Gasteiger partial charge in [-0.15, -0.1) is 0 Å². The Hall–Kier alpha value is -3.52. The van der Waals surface area contributed by atoms with Crippen molar-refractivity contribution in [3.05, 3.63) is 60.4 Å². The van der Waals surface area contributed by atoms with Crippen molar-refractivity contribution in [2.75, 3.05) is 50.1 Å². The summed E-state index contributed by atoms with van der Waals surface area (Å²) >= 11 is 0. The molecule has 4 rings (SSSR count). The largest absolute Gasteiger partial charge is 0.497 e. The predicted octanol–water partition coefficient (Wildman–Crippen LogP) is 3.52. The van der Waals surface area contributed by atoms with Gasteiger partial charge in [-0.2, -0.15) is 5.10 Å². The minimum absolute atomic E-state index is 0.234. The fraction of sp³-hybridized carbons (Fsp3) is 0.304. The first-order chi connectivity index (χ1) is 15.0. The Morgan fingerprint density at radius 3 is 2.65 bits per heavy atom. The third kappa shape index (κ3) is 4.64. The van der Waals surface area contributed by atoms with Gasteiger partial charge in [-0.3, -0.25) is 10.00 Å². The van der Waals surface area contributed by atoms with E-state index < -0.39 is 6.09 Å². The highest BCUT2D eigenvalue weighted by Gasteiger charge is 2.24. The van der Waals surface area contributed by atoms with E-state index in [1.165, 1.54) is 4.90 Å². The van der Waals surface area contributed by atoms with Gasteiger partial charge in [0, 0.05) is 37.9 Å². The first kappa shape index (κ1) is 20.7. The van der Waals surface area contributed by atoms with Crippen LogP contribution in [-0.4, -0.2) is 66.6 Å². The number of piperazine rings is 1. The van der Waals surface area contributed by atoms with Crippen LogP contribution in [0, 0.1) is 0 Å². The van der Waals surface area contributed by atoms with Gasteiger partial charge in [-0.1, -0.05) is 18.2 Å². The van der Waals surface area contributed by atoms with E-state index in [9.17, 15) is 9.90 Å². The number of carboxylic acid groups (broad SMARTS) is 1. The number of amides is 1. The van der Waals surface area contributed by atoms with Crippen LogP contribution < -0.4 is 14.5 Å². The summed E-state index contributed by atoms with van der Waals surface area (Å²) in [6.45, 7) is 3.77. The van der Waals surface area contributed by atoms with Crippen LogP contribution in [0.3, 0.4) is 0 Å². The molecular weight excluding hydrogens is 394 g/mol. The third-order valence-electron chi connectivity index (χ3n) is 5.65. The number of nitrogens with one attached hydrogen (secondary N) is 1. The summed E-state index contributed by atoms with van der Waals surface area (Å²) in [6.07, 6.45) is 2.62. The Morgan fingerprint density at radius 1 is 1.16 bits per heavy atom. The average Bonchev–Trinajstić information content (AvgIpc) is 3.33. The molecule has 1 fully saturated rings. The van der Waals surface area contributed by atoms with Gasteiger partial charge in [0.15, 0.2) is 0 Å². The van der Waals surface area contributed by atoms with Crippen LogP contribution in [-0.2, 0) is 6.54 Å². The Labute approximate surface area is 181 Å². The zero-order chi connectivity index (χ0) is 21.8. The van der Waals surface area contributed by atoms with Gasteiger partial charge in [-0.25, -0.2) is 4.79 Å². The molecule has 2 N–H and O–H groups in total. The van der Waals surface area contributed by atoms with Crippen LogP contribution in [0.1, 0.15) is 5.56 Å². The van der Waals surface area contributed by atoms with Crippen molar-refractivity contribution in [2.24, 2.45) is 0 Å². The van der Waals surface area contributed by atoms with Crippen LogP contribution in [0.4, 0.5) is 16.2 Å². The topological polar surface area (TPSA) is 84.9 Å². The molecule has 2 aromatic carbocycles. The van der Waals surface area contributed by atoms with Crippen LogP contribution >= 0.6 is 0 Å². The molecule has 8 heteroatoms. The van der Waals surface area contributed by atoms with E-state index in [1.807, 2.05) is 42.6 Å². The van der Waals surface area contributed by atoms with Crippen molar-refractivity contribution in [1.82, 2.24) is 15.1 Å². The van der Waals surface area contributed by atoms with Crippen LogP contribution in [0.15, 0.2) is 54.9 Å². The first-order valence-corrected chi connectivity index (χ1v) is 10.3. The number of rotatable bonds is 6. The maximum absolute atomic E-state index is 12.3. The van der Waals surface area contributed by atoms with Gasteiger partial charge >= 0.3 is 6.09 Å². The molecular formula is C23H27N5O3. The lowest BCUT2D eigenvalue weighted by atomic mass is 10.1. The number of likely N-dealkylation sites (N-methyl/N-ethyl adjacent to an activating group) is 1. The van der Waals surface area contributed by atoms with E-state index in [1.54, 1.807) is 13.3 Å². The molecule has 0 spiro atoms. The molecule has 162 valence electrons. The summed E-state index contributed by atoms with van der Waals surface area (Å²) in [6, 6.07) is 13.4. The normalized spacial score (nSPS) is 14.5. The maximum atomic E-state index is 12.3. The second kappa shape index (κ2) is 9.09. The van der Waals surface area contributed by atoms with Crippen molar-refractivity contribution in [1.29, 1.82) is 0 Å². The molecule has 31 heavy (non-hydrogen) atoms. The van der Waals surface area contributed by atoms with E-state index in [0.29, 0.717) is 11.4 Å². The molecule has 8 nitrogen and oxygen atoms in total. The number of ether oxygens (including phenoxy) is 1. The predicted molar refractivity (Wildman–Crippen MR) is 121 cm³/mol. The number of methoxy groups -OCH3 is 1. The Bertz CT molecular complexity index is 1030. The Morgan fingerprint density at radius 2 is 1.97 bits per heavy atom. The van der Waals surface area contributed by atoms with Gasteiger partial charge in [0.2, 0.25) is 0 Å². The highest BCUT2D eigenvalue weighted by atomic mass is 16.5. The molecule has 1 aromatic heterocycles. The first-order valence-electron chi connectivity index (χ1n) is 10.3. The number of hydrogen-bond donors (Lipinski definition) is 2. The highest BCUT2D eigenvalue weighted by Crippen LogP contribution is 2.35. The van der Waals surface area contributed by atoms with Crippen molar-refractivity contribution < 1.29 is 14.6 Å². The second-order valence-electron chi connectivity index (χ2n) is 7.70. The minimum Gasteiger partial charge on any atom is -0.497 e. The molecule has 1 aliphatic heterocycles. The second-order valence-corrected chi connectivity index (χ2v) is 7.70. The summed E-state index contributed by atoms with van der Waals surface area (Å²) in [5.74, 6) is 0.706. The molecule has 0 saturated carbocycles. The number of nitrogens with zero attached hydrogens (tertiary/aromatic N) is 4. The Kier molecular flexibility index (Phi) is 6.08. The van der Waals surface area contributed by atoms with Crippen molar-refractivity contribution >= 4 is 17.5 Å². The molecule has 1 saturated heterocycles. The number of aromatic amines is 1. The molecule has 1 aliphatic rings. The average molecular weight is 422 g/mol. The fourth-order valence-corrected chi connectivity index (χ4v) is 3.85. The summed E-state index contributed by atoms with van der Waals surface area (Å²) in [5, 5.41) is 17.0. The molecule has 2 heterocycles. The molecule has 3 aromatic rings. The van der Waals surface area contributed by atoms with Crippen LogP contribution in [0.25, 0.3) is 11.1 Å². The maximum Gasteiger partial charge on any atom is 0.412 e. The molecule has 0 unspecified atom stereocenters. The third-order valence-corrected chi connectivity index (χ3v) is 5.65. The van der Waals surface area contributed by atoms with Crippen LogP contribution in [0.2, 0.25) is 0 Å². The zero-order valence-corrected chi connectivity index (χ0v) is 17.8. The van der Waals surface area contributed by atoms with Crippen molar-refractivity contribution in [2.45, 2.75) is 6.54 Å². The Balaban J connectivity index is 1.73. The number of benzene rings is 2. The summed E-state index contributed by atoms with van der Waals surface area (Å²) in [5.41, 5.74) is 4.42. The lowest BCUT2D eigenvalue weighted by molar-refractivity contribution is 0.201. The number of anilines is 2. The van der Waals surface area contributed by atoms with Gasteiger partial charge in [0.25, 0.3) is 0 Å². The lowest BCUT2D eigenvalue weighted by Gasteiger charge is -2.36. The SMILES string of the molecule is COc1cccc(CN(C(=O)O)c2ccc(-c3cn[nH]c3)cc2N2CCN(C)CC2)c1. The van der Waals surface area contributed by atoms with Crippen molar-refractivity contribution in [3.63, 3.8) is 0 Å². The van der Waals surface area contributed by atoms with E-state index in [-0.39, 0.29) is 6.54 Å². The molecule has 1 amide bonds. The monoisotopic (exact) mass is 421 g/mol. The van der Waals surface area contributed by atoms with Gasteiger partial charge in [0.05, 0.1) is 31.2 Å². The van der Waals surface area contributed by atoms with Gasteiger partial charge in [0.1, 0.15) is 5.75 Å². The quantitative estimate of drug-likeness (QED) is 0.634. The number of hydrogen-bond acceptors (Lipinski definition) is 5. The van der Waals surface area contributed by atoms with E-state index in [0.717, 1.165) is 48.6 Å². The molecule has 0 aliphatic carbocycles.